The highest BCUT2D eigenvalue weighted by molar-refractivity contribution is 5.40. The molecule has 0 saturated heterocycles. The summed E-state index contributed by atoms with van der Waals surface area (Å²) < 4.78 is 4.94. The van der Waals surface area contributed by atoms with Gasteiger partial charge in [-0.1, -0.05) is 5.16 Å². The summed E-state index contributed by atoms with van der Waals surface area (Å²) in [5.41, 5.74) is 6.57. The van der Waals surface area contributed by atoms with Crippen molar-refractivity contribution in [3.8, 4) is 11.6 Å². The van der Waals surface area contributed by atoms with Crippen LogP contribution in [0.5, 0.6) is 0 Å². The maximum Gasteiger partial charge on any atom is 0.243 e. The molecule has 0 aromatic carbocycles. The van der Waals surface area contributed by atoms with Gasteiger partial charge in [-0.15, -0.1) is 0 Å². The molecule has 6 heteroatoms. The van der Waals surface area contributed by atoms with Crippen LogP contribution in [0.25, 0.3) is 11.6 Å². The molecular weight excluding hydrogens is 194 g/mol. The number of rotatable bonds is 2. The van der Waals surface area contributed by atoms with Crippen molar-refractivity contribution in [3.63, 3.8) is 0 Å². The molecule has 2 aromatic rings. The van der Waals surface area contributed by atoms with Crippen LogP contribution < -0.4 is 5.73 Å². The van der Waals surface area contributed by atoms with Gasteiger partial charge in [-0.05, 0) is 19.4 Å². The van der Waals surface area contributed by atoms with E-state index in [4.69, 9.17) is 10.3 Å². The summed E-state index contributed by atoms with van der Waals surface area (Å²) in [6, 6.07) is -0.281. The lowest BCUT2D eigenvalue weighted by molar-refractivity contribution is 0.361. The molecule has 0 spiro atoms. The zero-order valence-electron chi connectivity index (χ0n) is 8.51. The number of hydrogen-bond donors (Lipinski definition) is 1. The Bertz CT molecular complexity index is 448. The lowest BCUT2D eigenvalue weighted by Gasteiger charge is -1.94. The van der Waals surface area contributed by atoms with Crippen molar-refractivity contribution in [1.82, 2.24) is 20.1 Å². The van der Waals surface area contributed by atoms with Crippen LogP contribution >= 0.6 is 0 Å². The van der Waals surface area contributed by atoms with E-state index in [0.717, 1.165) is 5.56 Å². The van der Waals surface area contributed by atoms with E-state index in [-0.39, 0.29) is 6.04 Å². The van der Waals surface area contributed by atoms with Crippen LogP contribution in [0.1, 0.15) is 24.4 Å². The Morgan fingerprint density at radius 3 is 2.47 bits per heavy atom. The molecule has 0 bridgehead atoms. The molecule has 1 unspecified atom stereocenters. The molecule has 6 nitrogen and oxygen atoms in total. The molecule has 2 heterocycles. The van der Waals surface area contributed by atoms with Crippen molar-refractivity contribution in [3.05, 3.63) is 23.8 Å². The van der Waals surface area contributed by atoms with Crippen molar-refractivity contribution in [2.24, 2.45) is 5.73 Å². The molecule has 0 amide bonds. The van der Waals surface area contributed by atoms with Crippen molar-refractivity contribution in [2.75, 3.05) is 0 Å². The average molecular weight is 205 g/mol. The van der Waals surface area contributed by atoms with Crippen LogP contribution in [0, 0.1) is 6.92 Å². The Morgan fingerprint density at radius 1 is 1.27 bits per heavy atom. The predicted octanol–water partition coefficient (Wildman–Crippen LogP) is 0.855. The number of aromatic nitrogens is 4. The fourth-order valence-electron chi connectivity index (χ4n) is 1.02. The summed E-state index contributed by atoms with van der Waals surface area (Å²) in [6.07, 6.45) is 3.40. The van der Waals surface area contributed by atoms with E-state index in [1.807, 2.05) is 6.92 Å². The van der Waals surface area contributed by atoms with Crippen LogP contribution in [0.15, 0.2) is 16.9 Å². The smallest absolute Gasteiger partial charge is 0.243 e. The number of hydrogen-bond acceptors (Lipinski definition) is 6. The van der Waals surface area contributed by atoms with Crippen molar-refractivity contribution in [2.45, 2.75) is 19.9 Å². The van der Waals surface area contributed by atoms with Crippen LogP contribution in [-0.2, 0) is 0 Å². The average Bonchev–Trinajstić information content (AvgIpc) is 2.68. The summed E-state index contributed by atoms with van der Waals surface area (Å²) >= 11 is 0. The van der Waals surface area contributed by atoms with E-state index >= 15 is 0 Å². The number of aryl methyl sites for hydroxylation is 1. The molecule has 78 valence electrons. The predicted molar refractivity (Wildman–Crippen MR) is 52.7 cm³/mol. The molecule has 2 aromatic heterocycles. The highest BCUT2D eigenvalue weighted by atomic mass is 16.5. The van der Waals surface area contributed by atoms with Gasteiger partial charge in [-0.2, -0.15) is 4.98 Å². The van der Waals surface area contributed by atoms with E-state index in [1.165, 1.54) is 0 Å². The third-order valence-electron chi connectivity index (χ3n) is 1.81. The van der Waals surface area contributed by atoms with Gasteiger partial charge in [0.1, 0.15) is 0 Å². The third-order valence-corrected chi connectivity index (χ3v) is 1.81. The normalized spacial score (nSPS) is 12.7. The zero-order valence-corrected chi connectivity index (χ0v) is 8.51. The van der Waals surface area contributed by atoms with Crippen molar-refractivity contribution < 1.29 is 4.52 Å². The molecular formula is C9H11N5O. The second-order valence-corrected chi connectivity index (χ2v) is 3.33. The van der Waals surface area contributed by atoms with Crippen LogP contribution in [-0.4, -0.2) is 20.1 Å². The first-order chi connectivity index (χ1) is 7.16. The molecule has 2 rings (SSSR count). The molecule has 0 saturated carbocycles. The van der Waals surface area contributed by atoms with Gasteiger partial charge in [0.15, 0.2) is 0 Å². The maximum atomic E-state index is 5.59. The highest BCUT2D eigenvalue weighted by Crippen LogP contribution is 2.13. The van der Waals surface area contributed by atoms with Gasteiger partial charge >= 0.3 is 0 Å². The second-order valence-electron chi connectivity index (χ2n) is 3.33. The Labute approximate surface area is 86.5 Å². The summed E-state index contributed by atoms with van der Waals surface area (Å²) in [5.74, 6) is 1.19. The Balaban J connectivity index is 2.33. The van der Waals surface area contributed by atoms with Crippen LogP contribution in [0.3, 0.4) is 0 Å². The SMILES string of the molecule is Cc1cnc(-c2noc(C(C)N)n2)nc1. The summed E-state index contributed by atoms with van der Waals surface area (Å²) in [4.78, 5) is 12.3. The fourth-order valence-corrected chi connectivity index (χ4v) is 1.02. The van der Waals surface area contributed by atoms with Gasteiger partial charge in [0, 0.05) is 12.4 Å². The topological polar surface area (TPSA) is 90.7 Å². The number of nitrogens with two attached hydrogens (primary N) is 1. The lowest BCUT2D eigenvalue weighted by atomic mass is 10.4. The first-order valence-corrected chi connectivity index (χ1v) is 4.55. The third kappa shape index (κ3) is 1.99. The van der Waals surface area contributed by atoms with Gasteiger partial charge in [-0.3, -0.25) is 0 Å². The van der Waals surface area contributed by atoms with E-state index in [2.05, 4.69) is 20.1 Å². The van der Waals surface area contributed by atoms with Gasteiger partial charge in [-0.25, -0.2) is 9.97 Å². The lowest BCUT2D eigenvalue weighted by Crippen LogP contribution is -2.05. The minimum Gasteiger partial charge on any atom is -0.337 e. The monoisotopic (exact) mass is 205 g/mol. The van der Waals surface area contributed by atoms with E-state index in [9.17, 15) is 0 Å². The van der Waals surface area contributed by atoms with Crippen LogP contribution in [0.4, 0.5) is 0 Å². The largest absolute Gasteiger partial charge is 0.337 e. The van der Waals surface area contributed by atoms with Gasteiger partial charge in [0.2, 0.25) is 17.5 Å². The number of nitrogens with zero attached hydrogens (tertiary/aromatic N) is 4. The molecule has 2 N–H and O–H groups in total. The first kappa shape index (κ1) is 9.72. The Hall–Kier alpha value is -1.82. The van der Waals surface area contributed by atoms with E-state index < -0.39 is 0 Å². The molecule has 0 aliphatic carbocycles. The van der Waals surface area contributed by atoms with Gasteiger partial charge in [0.05, 0.1) is 6.04 Å². The molecule has 0 aliphatic rings. The fraction of sp³-hybridized carbons (Fsp3) is 0.333. The highest BCUT2D eigenvalue weighted by Gasteiger charge is 2.13. The van der Waals surface area contributed by atoms with Crippen molar-refractivity contribution in [1.29, 1.82) is 0 Å². The van der Waals surface area contributed by atoms with Crippen LogP contribution in [0.2, 0.25) is 0 Å². The molecule has 0 fully saturated rings. The molecule has 0 aliphatic heterocycles. The summed E-state index contributed by atoms with van der Waals surface area (Å²) in [7, 11) is 0. The minimum atomic E-state index is -0.281. The Morgan fingerprint density at radius 2 is 1.93 bits per heavy atom. The standard InChI is InChI=1S/C9H11N5O/c1-5-3-11-7(12-4-5)8-13-9(6(2)10)15-14-8/h3-4,6H,10H2,1-2H3. The second kappa shape index (κ2) is 3.74. The maximum absolute atomic E-state index is 5.59. The van der Waals surface area contributed by atoms with E-state index in [0.29, 0.717) is 17.5 Å². The summed E-state index contributed by atoms with van der Waals surface area (Å²) in [6.45, 7) is 3.68. The quantitative estimate of drug-likeness (QED) is 0.781. The van der Waals surface area contributed by atoms with Gasteiger partial charge < -0.3 is 10.3 Å². The molecule has 0 radical (unpaired) electrons. The minimum absolute atomic E-state index is 0.281. The molecule has 1 atom stereocenters. The van der Waals surface area contributed by atoms with Crippen molar-refractivity contribution >= 4 is 0 Å². The van der Waals surface area contributed by atoms with Gasteiger partial charge in [0.25, 0.3) is 0 Å². The molecule has 15 heavy (non-hydrogen) atoms. The zero-order chi connectivity index (χ0) is 10.8. The summed E-state index contributed by atoms with van der Waals surface area (Å²) in [5, 5.41) is 3.75. The van der Waals surface area contributed by atoms with E-state index in [1.54, 1.807) is 19.3 Å². The first-order valence-electron chi connectivity index (χ1n) is 4.55. The Kier molecular flexibility index (Phi) is 2.42.